The third kappa shape index (κ3) is 2.83. The molecule has 0 aliphatic carbocycles. The zero-order valence-electron chi connectivity index (χ0n) is 13.0. The zero-order chi connectivity index (χ0) is 15.0. The van der Waals surface area contributed by atoms with E-state index in [0.717, 1.165) is 31.6 Å². The van der Waals surface area contributed by atoms with Gasteiger partial charge in [0.1, 0.15) is 0 Å². The van der Waals surface area contributed by atoms with Crippen molar-refractivity contribution in [3.63, 3.8) is 0 Å². The molecule has 2 N–H and O–H groups in total. The van der Waals surface area contributed by atoms with Gasteiger partial charge in [-0.1, -0.05) is 25.1 Å². The first-order valence-corrected chi connectivity index (χ1v) is 7.94. The van der Waals surface area contributed by atoms with Crippen molar-refractivity contribution in [2.45, 2.75) is 38.8 Å². The molecule has 3 atom stereocenters. The van der Waals surface area contributed by atoms with Gasteiger partial charge in [-0.2, -0.15) is 0 Å². The Bertz CT molecular complexity index is 531. The van der Waals surface area contributed by atoms with Crippen LogP contribution in [0.5, 0.6) is 0 Å². The SMILES string of the molecule is CC1CCN(CC(=O)N2c3ccccc3CC2C)CC1N. The lowest BCUT2D eigenvalue weighted by molar-refractivity contribution is -0.120. The van der Waals surface area contributed by atoms with Crippen molar-refractivity contribution < 1.29 is 4.79 Å². The number of hydrogen-bond donors (Lipinski definition) is 1. The van der Waals surface area contributed by atoms with Gasteiger partial charge in [-0.25, -0.2) is 0 Å². The fourth-order valence-electron chi connectivity index (χ4n) is 3.53. The fraction of sp³-hybridized carbons (Fsp3) is 0.588. The molecule has 0 radical (unpaired) electrons. The summed E-state index contributed by atoms with van der Waals surface area (Å²) in [5, 5.41) is 0. The van der Waals surface area contributed by atoms with E-state index in [0.29, 0.717) is 12.5 Å². The minimum absolute atomic E-state index is 0.190. The lowest BCUT2D eigenvalue weighted by Gasteiger charge is -2.35. The first-order valence-electron chi connectivity index (χ1n) is 7.94. The Kier molecular flexibility index (Phi) is 4.00. The molecular formula is C17H25N3O. The number of carbonyl (C=O) groups is 1. The van der Waals surface area contributed by atoms with E-state index < -0.39 is 0 Å². The molecule has 3 rings (SSSR count). The van der Waals surface area contributed by atoms with Crippen LogP contribution >= 0.6 is 0 Å². The molecule has 2 aliphatic rings. The number of nitrogens with zero attached hydrogens (tertiary/aromatic N) is 2. The van der Waals surface area contributed by atoms with Crippen molar-refractivity contribution in [3.8, 4) is 0 Å². The smallest absolute Gasteiger partial charge is 0.241 e. The molecule has 1 aromatic carbocycles. The highest BCUT2D eigenvalue weighted by Gasteiger charge is 2.32. The monoisotopic (exact) mass is 287 g/mol. The molecule has 2 heterocycles. The van der Waals surface area contributed by atoms with Gasteiger partial charge in [0.15, 0.2) is 0 Å². The van der Waals surface area contributed by atoms with E-state index in [-0.39, 0.29) is 18.0 Å². The predicted octanol–water partition coefficient (Wildman–Crippen LogP) is 1.63. The highest BCUT2D eigenvalue weighted by molar-refractivity contribution is 5.97. The third-order valence-corrected chi connectivity index (χ3v) is 4.94. The number of carbonyl (C=O) groups excluding carboxylic acids is 1. The average molecular weight is 287 g/mol. The molecule has 2 aliphatic heterocycles. The van der Waals surface area contributed by atoms with Crippen molar-refractivity contribution >= 4 is 11.6 Å². The summed E-state index contributed by atoms with van der Waals surface area (Å²) in [6.07, 6.45) is 2.04. The van der Waals surface area contributed by atoms with Crippen LogP contribution in [0.1, 0.15) is 25.8 Å². The normalized spacial score (nSPS) is 29.5. The molecule has 0 aromatic heterocycles. The number of anilines is 1. The van der Waals surface area contributed by atoms with Crippen LogP contribution in [0.4, 0.5) is 5.69 Å². The lowest BCUT2D eigenvalue weighted by atomic mass is 9.94. The number of hydrogen-bond acceptors (Lipinski definition) is 3. The number of rotatable bonds is 2. The van der Waals surface area contributed by atoms with Gasteiger partial charge in [0.25, 0.3) is 0 Å². The Hall–Kier alpha value is -1.39. The Labute approximate surface area is 126 Å². The molecule has 4 nitrogen and oxygen atoms in total. The summed E-state index contributed by atoms with van der Waals surface area (Å²) in [6.45, 7) is 6.62. The molecule has 4 heteroatoms. The highest BCUT2D eigenvalue weighted by Crippen LogP contribution is 2.32. The Morgan fingerprint density at radius 2 is 2.10 bits per heavy atom. The zero-order valence-corrected chi connectivity index (χ0v) is 13.0. The Morgan fingerprint density at radius 1 is 1.33 bits per heavy atom. The maximum absolute atomic E-state index is 12.7. The second-order valence-electron chi connectivity index (χ2n) is 6.61. The number of amides is 1. The van der Waals surface area contributed by atoms with Gasteiger partial charge >= 0.3 is 0 Å². The maximum atomic E-state index is 12.7. The van der Waals surface area contributed by atoms with Crippen LogP contribution in [-0.4, -0.2) is 42.5 Å². The van der Waals surface area contributed by atoms with E-state index in [1.165, 1.54) is 5.56 Å². The van der Waals surface area contributed by atoms with E-state index in [9.17, 15) is 4.79 Å². The van der Waals surface area contributed by atoms with Crippen LogP contribution in [0.15, 0.2) is 24.3 Å². The molecule has 1 amide bonds. The number of para-hydroxylation sites is 1. The van der Waals surface area contributed by atoms with Gasteiger partial charge in [-0.05, 0) is 43.9 Å². The second kappa shape index (κ2) is 5.78. The number of likely N-dealkylation sites (tertiary alicyclic amines) is 1. The van der Waals surface area contributed by atoms with Crippen LogP contribution in [0.3, 0.4) is 0 Å². The lowest BCUT2D eigenvalue weighted by Crippen LogP contribution is -2.51. The molecular weight excluding hydrogens is 262 g/mol. The summed E-state index contributed by atoms with van der Waals surface area (Å²) >= 11 is 0. The minimum Gasteiger partial charge on any atom is -0.326 e. The van der Waals surface area contributed by atoms with Crippen LogP contribution in [0, 0.1) is 5.92 Å². The molecule has 1 aromatic rings. The number of fused-ring (bicyclic) bond motifs is 1. The van der Waals surface area contributed by atoms with Crippen LogP contribution in [0.2, 0.25) is 0 Å². The van der Waals surface area contributed by atoms with Gasteiger partial charge in [-0.15, -0.1) is 0 Å². The molecule has 1 fully saturated rings. The second-order valence-corrected chi connectivity index (χ2v) is 6.61. The van der Waals surface area contributed by atoms with E-state index in [1.54, 1.807) is 0 Å². The summed E-state index contributed by atoms with van der Waals surface area (Å²) in [5.41, 5.74) is 8.50. The molecule has 21 heavy (non-hydrogen) atoms. The van der Waals surface area contributed by atoms with E-state index in [2.05, 4.69) is 30.9 Å². The van der Waals surface area contributed by atoms with Crippen molar-refractivity contribution in [3.05, 3.63) is 29.8 Å². The first-order chi connectivity index (χ1) is 10.1. The van der Waals surface area contributed by atoms with Gasteiger partial charge in [0.05, 0.1) is 6.54 Å². The van der Waals surface area contributed by atoms with Crippen LogP contribution in [-0.2, 0) is 11.2 Å². The average Bonchev–Trinajstić information content (AvgIpc) is 2.78. The maximum Gasteiger partial charge on any atom is 0.241 e. The summed E-state index contributed by atoms with van der Waals surface area (Å²) < 4.78 is 0. The van der Waals surface area contributed by atoms with Gasteiger partial charge in [-0.3, -0.25) is 9.69 Å². The van der Waals surface area contributed by atoms with E-state index in [4.69, 9.17) is 5.73 Å². The molecule has 0 saturated carbocycles. The Morgan fingerprint density at radius 3 is 2.86 bits per heavy atom. The molecule has 1 saturated heterocycles. The third-order valence-electron chi connectivity index (χ3n) is 4.94. The summed E-state index contributed by atoms with van der Waals surface area (Å²) in [6, 6.07) is 8.68. The van der Waals surface area contributed by atoms with Crippen LogP contribution < -0.4 is 10.6 Å². The Balaban J connectivity index is 1.69. The van der Waals surface area contributed by atoms with Crippen molar-refractivity contribution in [1.29, 1.82) is 0 Å². The van der Waals surface area contributed by atoms with Gasteiger partial charge in [0.2, 0.25) is 5.91 Å². The summed E-state index contributed by atoms with van der Waals surface area (Å²) in [4.78, 5) is 16.9. The predicted molar refractivity (Wildman–Crippen MR) is 85.3 cm³/mol. The topological polar surface area (TPSA) is 49.6 Å². The van der Waals surface area contributed by atoms with E-state index in [1.807, 2.05) is 17.0 Å². The number of nitrogens with two attached hydrogens (primary N) is 1. The van der Waals surface area contributed by atoms with E-state index >= 15 is 0 Å². The summed E-state index contributed by atoms with van der Waals surface area (Å²) in [7, 11) is 0. The number of benzene rings is 1. The minimum atomic E-state index is 0.190. The largest absolute Gasteiger partial charge is 0.326 e. The number of piperidine rings is 1. The first kappa shape index (κ1) is 14.5. The molecule has 0 bridgehead atoms. The highest BCUT2D eigenvalue weighted by atomic mass is 16.2. The standard InChI is InChI=1S/C17H25N3O/c1-12-7-8-19(10-15(12)18)11-17(21)20-13(2)9-14-5-3-4-6-16(14)20/h3-6,12-13,15H,7-11,18H2,1-2H3. The summed E-state index contributed by atoms with van der Waals surface area (Å²) in [5.74, 6) is 0.761. The molecule has 3 unspecified atom stereocenters. The van der Waals surface area contributed by atoms with Crippen molar-refractivity contribution in [2.24, 2.45) is 11.7 Å². The van der Waals surface area contributed by atoms with Crippen molar-refractivity contribution in [2.75, 3.05) is 24.5 Å². The molecule has 114 valence electrons. The van der Waals surface area contributed by atoms with Crippen LogP contribution in [0.25, 0.3) is 0 Å². The van der Waals surface area contributed by atoms with Gasteiger partial charge < -0.3 is 10.6 Å². The molecule has 0 spiro atoms. The van der Waals surface area contributed by atoms with Crippen molar-refractivity contribution in [1.82, 2.24) is 4.90 Å². The quantitative estimate of drug-likeness (QED) is 0.899. The fourth-order valence-corrected chi connectivity index (χ4v) is 3.53. The van der Waals surface area contributed by atoms with Gasteiger partial charge in [0, 0.05) is 24.3 Å².